The number of hydrogen-bond donors (Lipinski definition) is 2. The van der Waals surface area contributed by atoms with E-state index < -0.39 is 35.0 Å². The molecule has 1 aliphatic heterocycles. The Labute approximate surface area is 200 Å². The van der Waals surface area contributed by atoms with Crippen molar-refractivity contribution in [3.05, 3.63) is 69.8 Å². The Morgan fingerprint density at radius 2 is 1.97 bits per heavy atom. The normalized spacial score (nSPS) is 21.7. The van der Waals surface area contributed by atoms with Crippen LogP contribution in [-0.2, 0) is 0 Å². The van der Waals surface area contributed by atoms with Gasteiger partial charge in [0.1, 0.15) is 17.4 Å². The molecule has 0 bridgehead atoms. The average molecular weight is 492 g/mol. The number of carbonyl (C=O) groups is 1. The minimum atomic E-state index is -1.44. The highest BCUT2D eigenvalue weighted by atomic mass is 35.5. The number of benzene rings is 2. The zero-order valence-electron chi connectivity index (χ0n) is 18.3. The zero-order chi connectivity index (χ0) is 23.3. The van der Waals surface area contributed by atoms with Crippen molar-refractivity contribution in [1.82, 2.24) is 9.88 Å². The molecule has 1 saturated heterocycles. The number of fused-ring (bicyclic) bond motifs is 1. The molecular formula is C24H24ClF2N3O4. The first kappa shape index (κ1) is 24.0. The van der Waals surface area contributed by atoms with Crippen molar-refractivity contribution in [3.8, 4) is 5.75 Å². The molecule has 3 aromatic rings. The third-order valence-electron chi connectivity index (χ3n) is 6.39. The number of methoxy groups -OCH3 is 1. The van der Waals surface area contributed by atoms with Gasteiger partial charge < -0.3 is 24.6 Å². The van der Waals surface area contributed by atoms with Gasteiger partial charge in [0.2, 0.25) is 5.43 Å². The third kappa shape index (κ3) is 3.88. The summed E-state index contributed by atoms with van der Waals surface area (Å²) in [6.45, 7) is 1.67. The van der Waals surface area contributed by atoms with Crippen molar-refractivity contribution < 1.29 is 23.4 Å². The second-order valence-electron chi connectivity index (χ2n) is 8.36. The molecule has 2 aromatic carbocycles. The van der Waals surface area contributed by atoms with Crippen LogP contribution in [0.2, 0.25) is 0 Å². The summed E-state index contributed by atoms with van der Waals surface area (Å²) in [6.07, 6.45) is 0.160. The number of carboxylic acid groups (broad SMARTS) is 1. The van der Waals surface area contributed by atoms with Crippen molar-refractivity contribution in [2.45, 2.75) is 24.7 Å². The summed E-state index contributed by atoms with van der Waals surface area (Å²) in [5.41, 5.74) is 0.0107. The highest BCUT2D eigenvalue weighted by Gasteiger charge is 2.41. The van der Waals surface area contributed by atoms with Gasteiger partial charge in [-0.15, -0.1) is 12.4 Å². The number of anilines is 1. The van der Waals surface area contributed by atoms with Crippen LogP contribution in [0.5, 0.6) is 5.75 Å². The molecule has 2 aliphatic rings. The Bertz CT molecular complexity index is 1300. The van der Waals surface area contributed by atoms with E-state index in [1.54, 1.807) is 0 Å². The summed E-state index contributed by atoms with van der Waals surface area (Å²) < 4.78 is 36.8. The SMILES string of the molecule is COc1c(N2CCNCC2c2ccccc2)c(F)cc2c(=O)c(C(=O)O)cn([C@@H]3C[C@@H]3F)c12.Cl. The lowest BCUT2D eigenvalue weighted by molar-refractivity contribution is 0.0694. The number of nitrogens with zero attached hydrogens (tertiary/aromatic N) is 2. The zero-order valence-corrected chi connectivity index (χ0v) is 19.1. The maximum atomic E-state index is 15.7. The summed E-state index contributed by atoms with van der Waals surface area (Å²) >= 11 is 0. The van der Waals surface area contributed by atoms with E-state index in [0.717, 1.165) is 17.8 Å². The number of aromatic nitrogens is 1. The maximum absolute atomic E-state index is 15.7. The molecule has 1 aromatic heterocycles. The van der Waals surface area contributed by atoms with Crippen LogP contribution in [-0.4, -0.2) is 48.6 Å². The number of nitrogens with one attached hydrogen (secondary N) is 1. The fraction of sp³-hybridized carbons (Fsp3) is 0.333. The first-order chi connectivity index (χ1) is 15.9. The molecule has 0 radical (unpaired) electrons. The number of piperazine rings is 1. The van der Waals surface area contributed by atoms with Gasteiger partial charge in [-0.25, -0.2) is 13.6 Å². The molecule has 2 heterocycles. The number of hydrogen-bond acceptors (Lipinski definition) is 5. The lowest BCUT2D eigenvalue weighted by Crippen LogP contribution is -2.46. The first-order valence-electron chi connectivity index (χ1n) is 10.8. The summed E-state index contributed by atoms with van der Waals surface area (Å²) in [4.78, 5) is 26.4. The second-order valence-corrected chi connectivity index (χ2v) is 8.36. The van der Waals surface area contributed by atoms with Crippen molar-refractivity contribution in [2.24, 2.45) is 0 Å². The van der Waals surface area contributed by atoms with Gasteiger partial charge in [-0.3, -0.25) is 4.79 Å². The Morgan fingerprint density at radius 1 is 1.26 bits per heavy atom. The molecule has 10 heteroatoms. The van der Waals surface area contributed by atoms with E-state index in [1.807, 2.05) is 35.2 Å². The third-order valence-corrected chi connectivity index (χ3v) is 6.39. The molecule has 1 aliphatic carbocycles. The van der Waals surface area contributed by atoms with Gasteiger partial charge in [-0.2, -0.15) is 0 Å². The molecule has 180 valence electrons. The molecule has 1 unspecified atom stereocenters. The van der Waals surface area contributed by atoms with E-state index in [1.165, 1.54) is 11.7 Å². The molecule has 2 fully saturated rings. The topological polar surface area (TPSA) is 83.8 Å². The van der Waals surface area contributed by atoms with Crippen LogP contribution in [0.3, 0.4) is 0 Å². The molecule has 0 amide bonds. The van der Waals surface area contributed by atoms with Gasteiger partial charge in [-0.1, -0.05) is 30.3 Å². The summed E-state index contributed by atoms with van der Waals surface area (Å²) in [5.74, 6) is -2.04. The van der Waals surface area contributed by atoms with Crippen molar-refractivity contribution in [1.29, 1.82) is 0 Å². The summed E-state index contributed by atoms with van der Waals surface area (Å²) in [6, 6.07) is 9.87. The van der Waals surface area contributed by atoms with E-state index in [2.05, 4.69) is 5.32 Å². The quantitative estimate of drug-likeness (QED) is 0.566. The minimum Gasteiger partial charge on any atom is -0.492 e. The molecule has 7 nitrogen and oxygen atoms in total. The number of alkyl halides is 1. The van der Waals surface area contributed by atoms with Crippen LogP contribution >= 0.6 is 12.4 Å². The summed E-state index contributed by atoms with van der Waals surface area (Å²) in [7, 11) is 1.37. The molecule has 34 heavy (non-hydrogen) atoms. The highest BCUT2D eigenvalue weighted by molar-refractivity contribution is 5.97. The Kier molecular flexibility index (Phi) is 6.51. The van der Waals surface area contributed by atoms with Crippen LogP contribution in [0.15, 0.2) is 47.4 Å². The van der Waals surface area contributed by atoms with Crippen LogP contribution in [0.4, 0.5) is 14.5 Å². The van der Waals surface area contributed by atoms with Crippen molar-refractivity contribution in [2.75, 3.05) is 31.6 Å². The van der Waals surface area contributed by atoms with Gasteiger partial charge in [0, 0.05) is 32.3 Å². The molecule has 5 rings (SSSR count). The Balaban J connectivity index is 0.00000274. The Hall–Kier alpha value is -3.17. The number of pyridine rings is 1. The molecule has 3 atom stereocenters. The second kappa shape index (κ2) is 9.23. The predicted octanol–water partition coefficient (Wildman–Crippen LogP) is 3.70. The van der Waals surface area contributed by atoms with Crippen molar-refractivity contribution in [3.63, 3.8) is 0 Å². The molecule has 0 spiro atoms. The lowest BCUT2D eigenvalue weighted by Gasteiger charge is -2.39. The molecular weight excluding hydrogens is 468 g/mol. The van der Waals surface area contributed by atoms with Crippen LogP contribution < -0.4 is 20.4 Å². The van der Waals surface area contributed by atoms with Crippen LogP contribution in [0, 0.1) is 5.82 Å². The Morgan fingerprint density at radius 3 is 2.59 bits per heavy atom. The predicted molar refractivity (Wildman–Crippen MR) is 127 cm³/mol. The van der Waals surface area contributed by atoms with Crippen LogP contribution in [0.1, 0.15) is 34.4 Å². The molecule has 1 saturated carbocycles. The van der Waals surface area contributed by atoms with Gasteiger partial charge in [0.25, 0.3) is 0 Å². The number of halogens is 3. The average Bonchev–Trinajstić information content (AvgIpc) is 3.55. The number of rotatable bonds is 5. The van der Waals surface area contributed by atoms with Gasteiger partial charge in [0.15, 0.2) is 11.6 Å². The monoisotopic (exact) mass is 491 g/mol. The number of aromatic carboxylic acids is 1. The van der Waals surface area contributed by atoms with E-state index in [9.17, 15) is 19.1 Å². The first-order valence-corrected chi connectivity index (χ1v) is 10.8. The van der Waals surface area contributed by atoms with E-state index in [4.69, 9.17) is 4.74 Å². The number of ether oxygens (including phenoxy) is 1. The van der Waals surface area contributed by atoms with E-state index in [-0.39, 0.29) is 47.2 Å². The summed E-state index contributed by atoms with van der Waals surface area (Å²) in [5, 5.41) is 12.7. The van der Waals surface area contributed by atoms with Gasteiger partial charge in [0.05, 0.1) is 30.1 Å². The van der Waals surface area contributed by atoms with Gasteiger partial charge in [-0.05, 0) is 11.6 Å². The fourth-order valence-electron chi connectivity index (χ4n) is 4.70. The van der Waals surface area contributed by atoms with E-state index in [0.29, 0.717) is 19.6 Å². The lowest BCUT2D eigenvalue weighted by atomic mass is 10.0. The van der Waals surface area contributed by atoms with Crippen LogP contribution in [0.25, 0.3) is 10.9 Å². The van der Waals surface area contributed by atoms with Crippen molar-refractivity contribution >= 4 is 35.0 Å². The van der Waals surface area contributed by atoms with Gasteiger partial charge >= 0.3 is 5.97 Å². The number of carboxylic acids is 1. The highest BCUT2D eigenvalue weighted by Crippen LogP contribution is 2.46. The minimum absolute atomic E-state index is 0. The van der Waals surface area contributed by atoms with E-state index >= 15 is 4.39 Å². The maximum Gasteiger partial charge on any atom is 0.341 e. The largest absolute Gasteiger partial charge is 0.492 e. The molecule has 2 N–H and O–H groups in total. The fourth-order valence-corrected chi connectivity index (χ4v) is 4.70. The standard InChI is InChI=1S/C24H23F2N3O4.ClH/c1-33-23-20-14(22(30)15(24(31)32)12-29(20)18-10-16(18)25)9-17(26)21(23)28-8-7-27-11-19(28)13-5-3-2-4-6-13;/h2-6,9,12,16,18-19,27H,7-8,10-11H2,1H3,(H,31,32);1H/t16-,18+,19?;/m0./s1. The smallest absolute Gasteiger partial charge is 0.341 e.